The van der Waals surface area contributed by atoms with Gasteiger partial charge < -0.3 is 10.1 Å². The summed E-state index contributed by atoms with van der Waals surface area (Å²) in [7, 11) is 1.24. The molecule has 1 atom stereocenters. The largest absolute Gasteiger partial charge is 0.469 e. The van der Waals surface area contributed by atoms with Crippen LogP contribution in [0.3, 0.4) is 0 Å². The van der Waals surface area contributed by atoms with Gasteiger partial charge in [0, 0.05) is 0 Å². The normalized spacial score (nSPS) is 18.4. The van der Waals surface area contributed by atoms with Crippen LogP contribution in [0, 0.1) is 0 Å². The van der Waals surface area contributed by atoms with Crippen LogP contribution in [0.15, 0.2) is 30.3 Å². The Bertz CT molecular complexity index is 501. The molecule has 0 radical (unpaired) electrons. The van der Waals surface area contributed by atoms with Gasteiger partial charge in [-0.15, -0.1) is 0 Å². The maximum Gasteiger partial charge on any atom is 0.325 e. The van der Waals surface area contributed by atoms with Crippen LogP contribution in [0.25, 0.3) is 0 Å². The number of rotatable bonds is 4. The highest BCUT2D eigenvalue weighted by Crippen LogP contribution is 2.14. The molecular formula is C13H14N2O4. The summed E-state index contributed by atoms with van der Waals surface area (Å²) >= 11 is 0. The highest BCUT2D eigenvalue weighted by atomic mass is 16.5. The highest BCUT2D eigenvalue weighted by Gasteiger charge is 2.39. The number of imide groups is 1. The molecule has 0 spiro atoms. The number of carbonyl (C=O) groups is 3. The van der Waals surface area contributed by atoms with E-state index in [4.69, 9.17) is 0 Å². The number of hydrogen-bond donors (Lipinski definition) is 1. The van der Waals surface area contributed by atoms with Crippen LogP contribution in [0.4, 0.5) is 4.79 Å². The second-order valence-corrected chi connectivity index (χ2v) is 4.19. The molecule has 2 rings (SSSR count). The minimum absolute atomic E-state index is 0.146. The minimum atomic E-state index is -0.830. The van der Waals surface area contributed by atoms with Crippen molar-refractivity contribution < 1.29 is 19.1 Å². The van der Waals surface area contributed by atoms with Crippen LogP contribution in [0.5, 0.6) is 0 Å². The molecule has 1 aromatic carbocycles. The van der Waals surface area contributed by atoms with E-state index in [9.17, 15) is 14.4 Å². The Kier molecular flexibility index (Phi) is 3.79. The van der Waals surface area contributed by atoms with E-state index in [1.807, 2.05) is 30.3 Å². The van der Waals surface area contributed by atoms with Gasteiger partial charge >= 0.3 is 12.0 Å². The van der Waals surface area contributed by atoms with Crippen molar-refractivity contribution >= 4 is 17.9 Å². The standard InChI is InChI=1S/C13H14N2O4/c1-19-11(16)7-10-12(17)15(13(18)14-10)8-9-5-3-2-4-6-9/h2-6,10H,7-8H2,1H3,(H,14,18). The summed E-state index contributed by atoms with van der Waals surface area (Å²) in [6.07, 6.45) is -0.146. The number of nitrogens with zero attached hydrogens (tertiary/aromatic N) is 1. The van der Waals surface area contributed by atoms with Gasteiger partial charge in [0.15, 0.2) is 0 Å². The Morgan fingerprint density at radius 2 is 2.00 bits per heavy atom. The molecule has 0 bridgehead atoms. The van der Waals surface area contributed by atoms with Crippen molar-refractivity contribution in [2.24, 2.45) is 0 Å². The average molecular weight is 262 g/mol. The molecule has 6 nitrogen and oxygen atoms in total. The van der Waals surface area contributed by atoms with Gasteiger partial charge in [-0.1, -0.05) is 30.3 Å². The summed E-state index contributed by atoms with van der Waals surface area (Å²) in [6, 6.07) is 7.86. The van der Waals surface area contributed by atoms with E-state index in [2.05, 4.69) is 10.1 Å². The maximum absolute atomic E-state index is 12.0. The lowest BCUT2D eigenvalue weighted by atomic mass is 10.2. The van der Waals surface area contributed by atoms with Gasteiger partial charge in [0.1, 0.15) is 6.04 Å². The monoisotopic (exact) mass is 262 g/mol. The molecular weight excluding hydrogens is 248 g/mol. The molecule has 0 aromatic heterocycles. The van der Waals surface area contributed by atoms with Crippen LogP contribution in [-0.4, -0.2) is 36.0 Å². The molecule has 1 fully saturated rings. The lowest BCUT2D eigenvalue weighted by molar-refractivity contribution is -0.143. The summed E-state index contributed by atoms with van der Waals surface area (Å²) in [4.78, 5) is 36.0. The third kappa shape index (κ3) is 2.90. The second-order valence-electron chi connectivity index (χ2n) is 4.19. The van der Waals surface area contributed by atoms with Crippen LogP contribution in [-0.2, 0) is 20.9 Å². The van der Waals surface area contributed by atoms with Gasteiger partial charge in [-0.25, -0.2) is 4.79 Å². The number of methoxy groups -OCH3 is 1. The van der Waals surface area contributed by atoms with Gasteiger partial charge in [-0.3, -0.25) is 14.5 Å². The van der Waals surface area contributed by atoms with E-state index in [-0.39, 0.29) is 13.0 Å². The van der Waals surface area contributed by atoms with Crippen LogP contribution in [0.2, 0.25) is 0 Å². The molecule has 100 valence electrons. The molecule has 1 heterocycles. The number of urea groups is 1. The number of benzene rings is 1. The van der Waals surface area contributed by atoms with E-state index < -0.39 is 23.9 Å². The number of ether oxygens (including phenoxy) is 1. The summed E-state index contributed by atoms with van der Waals surface area (Å²) in [5.41, 5.74) is 0.852. The zero-order valence-electron chi connectivity index (χ0n) is 10.5. The first-order valence-corrected chi connectivity index (χ1v) is 5.84. The van der Waals surface area contributed by atoms with E-state index in [0.29, 0.717) is 0 Å². The number of carbonyl (C=O) groups excluding carboxylic acids is 3. The third-order valence-electron chi connectivity index (χ3n) is 2.89. The zero-order valence-corrected chi connectivity index (χ0v) is 10.5. The number of esters is 1. The SMILES string of the molecule is COC(=O)CC1NC(=O)N(Cc2ccccc2)C1=O. The van der Waals surface area contributed by atoms with E-state index in [0.717, 1.165) is 10.5 Å². The molecule has 1 aliphatic heterocycles. The molecule has 0 aliphatic carbocycles. The second kappa shape index (κ2) is 5.51. The fourth-order valence-corrected chi connectivity index (χ4v) is 1.88. The van der Waals surface area contributed by atoms with Crippen molar-refractivity contribution in [3.63, 3.8) is 0 Å². The Balaban J connectivity index is 2.04. The molecule has 1 aromatic rings. The van der Waals surface area contributed by atoms with Crippen LogP contribution < -0.4 is 5.32 Å². The lowest BCUT2D eigenvalue weighted by Crippen LogP contribution is -2.32. The molecule has 1 unspecified atom stereocenters. The fraction of sp³-hybridized carbons (Fsp3) is 0.308. The fourth-order valence-electron chi connectivity index (χ4n) is 1.88. The highest BCUT2D eigenvalue weighted by molar-refractivity contribution is 6.05. The first-order valence-electron chi connectivity index (χ1n) is 5.84. The van der Waals surface area contributed by atoms with Crippen molar-refractivity contribution in [3.8, 4) is 0 Å². The lowest BCUT2D eigenvalue weighted by Gasteiger charge is -2.12. The third-order valence-corrected chi connectivity index (χ3v) is 2.89. The molecule has 3 amide bonds. The molecule has 1 saturated heterocycles. The number of amides is 3. The van der Waals surface area contributed by atoms with Crippen molar-refractivity contribution in [1.29, 1.82) is 0 Å². The van der Waals surface area contributed by atoms with Crippen molar-refractivity contribution in [2.75, 3.05) is 7.11 Å². The van der Waals surface area contributed by atoms with E-state index >= 15 is 0 Å². The Morgan fingerprint density at radius 3 is 2.63 bits per heavy atom. The molecule has 1 aliphatic rings. The minimum Gasteiger partial charge on any atom is -0.469 e. The smallest absolute Gasteiger partial charge is 0.325 e. The first kappa shape index (κ1) is 13.1. The first-order chi connectivity index (χ1) is 9.11. The zero-order chi connectivity index (χ0) is 13.8. The Morgan fingerprint density at radius 1 is 1.32 bits per heavy atom. The molecule has 19 heavy (non-hydrogen) atoms. The summed E-state index contributed by atoms with van der Waals surface area (Å²) < 4.78 is 4.49. The molecule has 1 N–H and O–H groups in total. The van der Waals surface area contributed by atoms with Crippen LogP contribution >= 0.6 is 0 Å². The van der Waals surface area contributed by atoms with Crippen molar-refractivity contribution in [2.45, 2.75) is 19.0 Å². The summed E-state index contributed by atoms with van der Waals surface area (Å²) in [6.45, 7) is 0.198. The maximum atomic E-state index is 12.0. The predicted molar refractivity (Wildman–Crippen MR) is 65.9 cm³/mol. The van der Waals surface area contributed by atoms with Crippen molar-refractivity contribution in [3.05, 3.63) is 35.9 Å². The topological polar surface area (TPSA) is 75.7 Å². The Hall–Kier alpha value is -2.37. The Labute approximate surface area is 110 Å². The molecule has 0 saturated carbocycles. The quantitative estimate of drug-likeness (QED) is 0.639. The van der Waals surface area contributed by atoms with Gasteiger partial charge in [0.2, 0.25) is 0 Å². The van der Waals surface area contributed by atoms with Gasteiger partial charge in [0.05, 0.1) is 20.1 Å². The van der Waals surface area contributed by atoms with E-state index in [1.54, 1.807) is 0 Å². The summed E-state index contributed by atoms with van der Waals surface area (Å²) in [5.74, 6) is -0.931. The van der Waals surface area contributed by atoms with E-state index in [1.165, 1.54) is 7.11 Å². The van der Waals surface area contributed by atoms with Gasteiger partial charge in [-0.05, 0) is 5.56 Å². The average Bonchev–Trinajstić information content (AvgIpc) is 2.67. The number of nitrogens with one attached hydrogen (secondary N) is 1. The number of hydrogen-bond acceptors (Lipinski definition) is 4. The summed E-state index contributed by atoms with van der Waals surface area (Å²) in [5, 5.41) is 2.48. The van der Waals surface area contributed by atoms with Gasteiger partial charge in [-0.2, -0.15) is 0 Å². The molecule has 6 heteroatoms. The van der Waals surface area contributed by atoms with Gasteiger partial charge in [0.25, 0.3) is 5.91 Å². The van der Waals surface area contributed by atoms with Crippen molar-refractivity contribution in [1.82, 2.24) is 10.2 Å². The predicted octanol–water partition coefficient (Wildman–Crippen LogP) is 0.670. The van der Waals surface area contributed by atoms with Crippen LogP contribution in [0.1, 0.15) is 12.0 Å².